The summed E-state index contributed by atoms with van der Waals surface area (Å²) in [5, 5.41) is 11.6. The highest BCUT2D eigenvalue weighted by molar-refractivity contribution is 6.52. The number of ether oxygens (including phenoxy) is 1. The number of aliphatic hydroxyl groups is 1. The lowest BCUT2D eigenvalue weighted by Gasteiger charge is -2.27. The smallest absolute Gasteiger partial charge is 0.300 e. The molecule has 1 atom stereocenters. The highest BCUT2D eigenvalue weighted by Gasteiger charge is 2.47. The minimum Gasteiger partial charge on any atom is -0.507 e. The average molecular weight is 434 g/mol. The first-order valence-electron chi connectivity index (χ1n) is 9.69. The van der Waals surface area contributed by atoms with Crippen LogP contribution in [0.2, 0.25) is 5.02 Å². The lowest BCUT2D eigenvalue weighted by atomic mass is 9.95. The maximum Gasteiger partial charge on any atom is 0.300 e. The zero-order chi connectivity index (χ0) is 22.1. The number of nitrogens with zero attached hydrogens (tertiary/aromatic N) is 1. The highest BCUT2D eigenvalue weighted by Crippen LogP contribution is 2.43. The second-order valence-electron chi connectivity index (χ2n) is 7.24. The van der Waals surface area contributed by atoms with Crippen LogP contribution in [0.15, 0.2) is 78.4 Å². The summed E-state index contributed by atoms with van der Waals surface area (Å²) in [5.74, 6) is -1.20. The number of anilines is 1. The van der Waals surface area contributed by atoms with Gasteiger partial charge in [-0.1, -0.05) is 60.1 Å². The summed E-state index contributed by atoms with van der Waals surface area (Å²) in [7, 11) is 1.52. The van der Waals surface area contributed by atoms with Gasteiger partial charge in [0.2, 0.25) is 0 Å². The Labute approximate surface area is 185 Å². The van der Waals surface area contributed by atoms with Crippen LogP contribution >= 0.6 is 11.6 Å². The standard InChI is InChI=1S/C25H20ClNO4/c1-15-11-12-18(26)14-20(15)27-22(16-7-4-3-5-8-16)21(24(29)25(27)30)23(28)17-9-6-10-19(13-17)31-2/h3-14,22,28H,1-2H3/b23-21+. The van der Waals surface area contributed by atoms with E-state index in [1.807, 2.05) is 37.3 Å². The third-order valence-corrected chi connectivity index (χ3v) is 5.57. The number of carbonyl (C=O) groups is 2. The number of ketones is 1. The molecule has 0 aliphatic carbocycles. The zero-order valence-corrected chi connectivity index (χ0v) is 17.8. The number of Topliss-reactive ketones (excluding diaryl/α,β-unsaturated/α-hetero) is 1. The highest BCUT2D eigenvalue weighted by atomic mass is 35.5. The molecule has 6 heteroatoms. The number of aryl methyl sites for hydroxylation is 1. The minimum absolute atomic E-state index is 0.0174. The van der Waals surface area contributed by atoms with Crippen LogP contribution in [0.25, 0.3) is 5.76 Å². The van der Waals surface area contributed by atoms with E-state index >= 15 is 0 Å². The van der Waals surface area contributed by atoms with Gasteiger partial charge in [0.1, 0.15) is 11.5 Å². The molecule has 1 heterocycles. The van der Waals surface area contributed by atoms with E-state index in [0.717, 1.165) is 5.56 Å². The molecule has 0 radical (unpaired) electrons. The molecule has 0 saturated carbocycles. The molecule has 1 aliphatic rings. The van der Waals surface area contributed by atoms with Gasteiger partial charge in [0.15, 0.2) is 0 Å². The molecule has 1 fully saturated rings. The Morgan fingerprint density at radius 2 is 1.74 bits per heavy atom. The van der Waals surface area contributed by atoms with Gasteiger partial charge in [0.25, 0.3) is 11.7 Å². The van der Waals surface area contributed by atoms with Crippen molar-refractivity contribution in [3.05, 3.63) is 100 Å². The van der Waals surface area contributed by atoms with Crippen LogP contribution in [0.5, 0.6) is 5.75 Å². The lowest BCUT2D eigenvalue weighted by Crippen LogP contribution is -2.30. The SMILES string of the molecule is COc1cccc(/C(O)=C2\C(=O)C(=O)N(c3cc(Cl)ccc3C)C2c2ccccc2)c1. The molecular weight excluding hydrogens is 414 g/mol. The van der Waals surface area contributed by atoms with Crippen molar-refractivity contribution in [2.75, 3.05) is 12.0 Å². The van der Waals surface area contributed by atoms with Crippen LogP contribution in [-0.4, -0.2) is 23.9 Å². The summed E-state index contributed by atoms with van der Waals surface area (Å²) in [4.78, 5) is 27.8. The van der Waals surface area contributed by atoms with Gasteiger partial charge in [-0.2, -0.15) is 0 Å². The molecule has 1 saturated heterocycles. The fourth-order valence-corrected chi connectivity index (χ4v) is 3.97. The molecule has 1 unspecified atom stereocenters. The van der Waals surface area contributed by atoms with E-state index in [1.165, 1.54) is 12.0 Å². The van der Waals surface area contributed by atoms with Crippen molar-refractivity contribution in [2.24, 2.45) is 0 Å². The van der Waals surface area contributed by atoms with E-state index in [1.54, 1.807) is 42.5 Å². The van der Waals surface area contributed by atoms with Crippen molar-refractivity contribution in [3.8, 4) is 5.75 Å². The van der Waals surface area contributed by atoms with Gasteiger partial charge in [0.05, 0.1) is 18.7 Å². The Balaban J connectivity index is 1.97. The second kappa shape index (κ2) is 8.28. The topological polar surface area (TPSA) is 66.8 Å². The van der Waals surface area contributed by atoms with Gasteiger partial charge in [-0.15, -0.1) is 0 Å². The Morgan fingerprint density at radius 3 is 2.45 bits per heavy atom. The van der Waals surface area contributed by atoms with E-state index in [9.17, 15) is 14.7 Å². The molecule has 3 aromatic carbocycles. The molecule has 1 aliphatic heterocycles. The number of amides is 1. The average Bonchev–Trinajstić information content (AvgIpc) is 3.06. The van der Waals surface area contributed by atoms with Gasteiger partial charge in [-0.05, 0) is 42.3 Å². The first-order chi connectivity index (χ1) is 14.9. The summed E-state index contributed by atoms with van der Waals surface area (Å²) in [6, 6.07) is 20.2. The zero-order valence-electron chi connectivity index (χ0n) is 17.0. The third-order valence-electron chi connectivity index (χ3n) is 5.33. The van der Waals surface area contributed by atoms with Crippen molar-refractivity contribution in [1.82, 2.24) is 0 Å². The van der Waals surface area contributed by atoms with Crippen LogP contribution in [0.3, 0.4) is 0 Å². The Kier molecular flexibility index (Phi) is 5.53. The lowest BCUT2D eigenvalue weighted by molar-refractivity contribution is -0.132. The number of rotatable bonds is 4. The number of methoxy groups -OCH3 is 1. The fraction of sp³-hybridized carbons (Fsp3) is 0.120. The first-order valence-corrected chi connectivity index (χ1v) is 10.1. The van der Waals surface area contributed by atoms with Gasteiger partial charge in [-0.3, -0.25) is 14.5 Å². The van der Waals surface area contributed by atoms with Crippen LogP contribution in [0, 0.1) is 6.92 Å². The molecule has 3 aromatic rings. The quantitative estimate of drug-likeness (QED) is 0.345. The Morgan fingerprint density at radius 1 is 1.00 bits per heavy atom. The van der Waals surface area contributed by atoms with Crippen molar-refractivity contribution >= 4 is 34.7 Å². The van der Waals surface area contributed by atoms with E-state index in [2.05, 4.69) is 0 Å². The molecule has 1 N–H and O–H groups in total. The van der Waals surface area contributed by atoms with Crippen molar-refractivity contribution in [3.63, 3.8) is 0 Å². The largest absolute Gasteiger partial charge is 0.507 e. The van der Waals surface area contributed by atoms with E-state index in [4.69, 9.17) is 16.3 Å². The van der Waals surface area contributed by atoms with Gasteiger partial charge >= 0.3 is 0 Å². The molecule has 4 rings (SSSR count). The van der Waals surface area contributed by atoms with Crippen molar-refractivity contribution in [1.29, 1.82) is 0 Å². The van der Waals surface area contributed by atoms with Gasteiger partial charge < -0.3 is 9.84 Å². The van der Waals surface area contributed by atoms with E-state index in [-0.39, 0.29) is 11.3 Å². The van der Waals surface area contributed by atoms with Crippen LogP contribution in [-0.2, 0) is 9.59 Å². The number of benzene rings is 3. The van der Waals surface area contributed by atoms with Gasteiger partial charge in [0, 0.05) is 16.3 Å². The summed E-state index contributed by atoms with van der Waals surface area (Å²) >= 11 is 6.20. The monoisotopic (exact) mass is 433 g/mol. The number of halogens is 1. The molecule has 0 bridgehead atoms. The number of aliphatic hydroxyl groups excluding tert-OH is 1. The summed E-state index contributed by atoms with van der Waals surface area (Å²) in [6.07, 6.45) is 0. The predicted molar refractivity (Wildman–Crippen MR) is 120 cm³/mol. The molecule has 0 aromatic heterocycles. The number of hydrogen-bond donors (Lipinski definition) is 1. The van der Waals surface area contributed by atoms with Crippen molar-refractivity contribution in [2.45, 2.75) is 13.0 Å². The minimum atomic E-state index is -0.801. The van der Waals surface area contributed by atoms with Crippen LogP contribution < -0.4 is 9.64 Å². The van der Waals surface area contributed by atoms with Crippen molar-refractivity contribution < 1.29 is 19.4 Å². The number of hydrogen-bond acceptors (Lipinski definition) is 4. The molecule has 1 amide bonds. The molecule has 31 heavy (non-hydrogen) atoms. The Hall–Kier alpha value is -3.57. The third kappa shape index (κ3) is 3.68. The summed E-state index contributed by atoms with van der Waals surface area (Å²) in [6.45, 7) is 1.84. The molecular formula is C25H20ClNO4. The van der Waals surface area contributed by atoms with Gasteiger partial charge in [-0.25, -0.2) is 0 Å². The maximum absolute atomic E-state index is 13.2. The summed E-state index contributed by atoms with van der Waals surface area (Å²) in [5.41, 5.74) is 2.41. The second-order valence-corrected chi connectivity index (χ2v) is 7.68. The molecule has 0 spiro atoms. The summed E-state index contributed by atoms with van der Waals surface area (Å²) < 4.78 is 5.24. The van der Waals surface area contributed by atoms with E-state index < -0.39 is 17.7 Å². The predicted octanol–water partition coefficient (Wildman–Crippen LogP) is 5.28. The van der Waals surface area contributed by atoms with E-state index in [0.29, 0.717) is 27.6 Å². The maximum atomic E-state index is 13.2. The van der Waals surface area contributed by atoms with Crippen LogP contribution in [0.1, 0.15) is 22.7 Å². The number of carbonyl (C=O) groups excluding carboxylic acids is 2. The Bertz CT molecular complexity index is 1200. The normalized spacial score (nSPS) is 17.8. The first kappa shape index (κ1) is 20.7. The van der Waals surface area contributed by atoms with Crippen LogP contribution in [0.4, 0.5) is 5.69 Å². The molecule has 156 valence electrons. The molecule has 5 nitrogen and oxygen atoms in total. The fourth-order valence-electron chi connectivity index (χ4n) is 3.80.